The summed E-state index contributed by atoms with van der Waals surface area (Å²) in [6, 6.07) is 3.89. The number of imide groups is 1. The molecule has 3 fully saturated rings. The summed E-state index contributed by atoms with van der Waals surface area (Å²) in [5.74, 6) is 1.67. The van der Waals surface area contributed by atoms with Crippen LogP contribution in [0.3, 0.4) is 0 Å². The lowest BCUT2D eigenvalue weighted by molar-refractivity contribution is -0.124. The van der Waals surface area contributed by atoms with Crippen LogP contribution in [0.4, 0.5) is 5.69 Å². The topological polar surface area (TPSA) is 37.4 Å². The van der Waals surface area contributed by atoms with Crippen LogP contribution in [0, 0.1) is 49.4 Å². The average molecular weight is 372 g/mol. The van der Waals surface area contributed by atoms with Crippen LogP contribution in [-0.4, -0.2) is 11.8 Å². The maximum absolute atomic E-state index is 13.1. The summed E-state index contributed by atoms with van der Waals surface area (Å²) in [6.45, 7) is 4.00. The van der Waals surface area contributed by atoms with Crippen molar-refractivity contribution in [3.05, 3.63) is 39.9 Å². The van der Waals surface area contributed by atoms with Crippen LogP contribution < -0.4 is 4.90 Å². The molecule has 1 heterocycles. The SMILES string of the molecule is Cc1cc(N2C(=O)[C@@H]3[C@H]4C=C[C@@H]([C@@H]5C[C@H]45)[C@H]3C2=O)cc(C)c1Br. The van der Waals surface area contributed by atoms with Gasteiger partial charge in [-0.3, -0.25) is 9.59 Å². The first-order valence-electron chi connectivity index (χ1n) is 8.32. The largest absolute Gasteiger partial charge is 0.274 e. The Balaban J connectivity index is 1.59. The van der Waals surface area contributed by atoms with Crippen LogP contribution in [0.2, 0.25) is 0 Å². The molecule has 3 nitrogen and oxygen atoms in total. The third-order valence-corrected chi connectivity index (χ3v) is 7.59. The second kappa shape index (κ2) is 4.35. The zero-order valence-electron chi connectivity index (χ0n) is 13.1. The number of aryl methyl sites for hydroxylation is 2. The molecule has 4 aliphatic carbocycles. The number of allylic oxidation sites excluding steroid dienone is 2. The van der Waals surface area contributed by atoms with Gasteiger partial charge in [-0.2, -0.15) is 0 Å². The van der Waals surface area contributed by atoms with E-state index in [2.05, 4.69) is 28.1 Å². The van der Waals surface area contributed by atoms with Crippen molar-refractivity contribution < 1.29 is 9.59 Å². The highest BCUT2D eigenvalue weighted by Gasteiger charge is 2.67. The van der Waals surface area contributed by atoms with Gasteiger partial charge in [0, 0.05) is 4.47 Å². The van der Waals surface area contributed by atoms with Crippen LogP contribution >= 0.6 is 15.9 Å². The van der Waals surface area contributed by atoms with Crippen molar-refractivity contribution >= 4 is 33.4 Å². The van der Waals surface area contributed by atoms with Gasteiger partial charge in [-0.25, -0.2) is 4.90 Å². The van der Waals surface area contributed by atoms with E-state index in [1.54, 1.807) is 0 Å². The average Bonchev–Trinajstić information content (AvgIpc) is 3.29. The van der Waals surface area contributed by atoms with E-state index in [4.69, 9.17) is 0 Å². The number of anilines is 1. The van der Waals surface area contributed by atoms with Gasteiger partial charge in [-0.05, 0) is 67.2 Å². The maximum Gasteiger partial charge on any atom is 0.238 e. The van der Waals surface area contributed by atoms with E-state index in [-0.39, 0.29) is 35.5 Å². The summed E-state index contributed by atoms with van der Waals surface area (Å²) in [5.41, 5.74) is 2.85. The minimum Gasteiger partial charge on any atom is -0.274 e. The zero-order valence-corrected chi connectivity index (χ0v) is 14.7. The monoisotopic (exact) mass is 371 g/mol. The molecule has 0 N–H and O–H groups in total. The number of amides is 2. The molecule has 5 aliphatic rings. The summed E-state index contributed by atoms with van der Waals surface area (Å²) in [6.07, 6.45) is 5.63. The molecule has 0 spiro atoms. The van der Waals surface area contributed by atoms with E-state index in [1.807, 2.05) is 26.0 Å². The van der Waals surface area contributed by atoms with Crippen molar-refractivity contribution in [1.29, 1.82) is 0 Å². The number of benzene rings is 1. The Kier molecular flexibility index (Phi) is 2.64. The highest BCUT2D eigenvalue weighted by Crippen LogP contribution is 2.65. The van der Waals surface area contributed by atoms with Crippen molar-refractivity contribution in [3.8, 4) is 0 Å². The predicted octanol–water partition coefficient (Wildman–Crippen LogP) is 3.62. The van der Waals surface area contributed by atoms with Crippen molar-refractivity contribution in [2.75, 3.05) is 4.90 Å². The molecule has 6 atom stereocenters. The third kappa shape index (κ3) is 1.65. The molecule has 0 unspecified atom stereocenters. The quantitative estimate of drug-likeness (QED) is 0.558. The van der Waals surface area contributed by atoms with Crippen molar-refractivity contribution in [1.82, 2.24) is 0 Å². The second-order valence-corrected chi connectivity index (χ2v) is 8.35. The lowest BCUT2D eigenvalue weighted by Gasteiger charge is -2.37. The van der Waals surface area contributed by atoms with Gasteiger partial charge in [0.15, 0.2) is 0 Å². The summed E-state index contributed by atoms with van der Waals surface area (Å²) >= 11 is 3.56. The first kappa shape index (κ1) is 14.0. The lowest BCUT2D eigenvalue weighted by atomic mass is 9.63. The van der Waals surface area contributed by atoms with Crippen molar-refractivity contribution in [2.45, 2.75) is 20.3 Å². The minimum absolute atomic E-state index is 0.0193. The molecule has 6 rings (SSSR count). The molecule has 0 aromatic heterocycles. The van der Waals surface area contributed by atoms with E-state index >= 15 is 0 Å². The van der Waals surface area contributed by atoms with E-state index in [9.17, 15) is 9.59 Å². The van der Waals surface area contributed by atoms with Gasteiger partial charge in [0.05, 0.1) is 17.5 Å². The fraction of sp³-hybridized carbons (Fsp3) is 0.474. The molecule has 1 saturated heterocycles. The van der Waals surface area contributed by atoms with Gasteiger partial charge >= 0.3 is 0 Å². The Labute approximate surface area is 143 Å². The lowest BCUT2D eigenvalue weighted by Crippen LogP contribution is -2.40. The molecule has 0 radical (unpaired) electrons. The third-order valence-electron chi connectivity index (χ3n) is 6.34. The first-order valence-corrected chi connectivity index (χ1v) is 9.11. The van der Waals surface area contributed by atoms with Gasteiger partial charge in [0.1, 0.15) is 0 Å². The fourth-order valence-electron chi connectivity index (χ4n) is 5.26. The normalized spacial score (nSPS) is 39.7. The van der Waals surface area contributed by atoms with Gasteiger partial charge in [0.25, 0.3) is 0 Å². The molecule has 118 valence electrons. The summed E-state index contributed by atoms with van der Waals surface area (Å²) in [7, 11) is 0. The van der Waals surface area contributed by atoms with E-state index < -0.39 is 0 Å². The number of nitrogens with zero attached hydrogens (tertiary/aromatic N) is 1. The Hall–Kier alpha value is -1.42. The zero-order chi connectivity index (χ0) is 16.0. The van der Waals surface area contributed by atoms with Gasteiger partial charge in [-0.1, -0.05) is 28.1 Å². The number of carbonyl (C=O) groups is 2. The maximum atomic E-state index is 13.1. The number of rotatable bonds is 1. The van der Waals surface area contributed by atoms with E-state index in [0.717, 1.165) is 21.3 Å². The van der Waals surface area contributed by atoms with Crippen LogP contribution in [0.1, 0.15) is 17.5 Å². The fourth-order valence-corrected chi connectivity index (χ4v) is 5.49. The Morgan fingerprint density at radius 3 is 1.91 bits per heavy atom. The molecule has 4 heteroatoms. The number of hydrogen-bond donors (Lipinski definition) is 0. The summed E-state index contributed by atoms with van der Waals surface area (Å²) < 4.78 is 1.04. The van der Waals surface area contributed by atoms with Crippen LogP contribution in [-0.2, 0) is 9.59 Å². The van der Waals surface area contributed by atoms with E-state index in [1.165, 1.54) is 11.3 Å². The van der Waals surface area contributed by atoms with Crippen molar-refractivity contribution in [2.24, 2.45) is 35.5 Å². The second-order valence-electron chi connectivity index (χ2n) is 7.56. The summed E-state index contributed by atoms with van der Waals surface area (Å²) in [4.78, 5) is 27.6. The Morgan fingerprint density at radius 1 is 0.957 bits per heavy atom. The molecular weight excluding hydrogens is 354 g/mol. The first-order chi connectivity index (χ1) is 11.0. The smallest absolute Gasteiger partial charge is 0.238 e. The summed E-state index contributed by atoms with van der Waals surface area (Å²) in [5, 5.41) is 0. The molecule has 1 aromatic carbocycles. The Bertz CT molecular complexity index is 740. The molecule has 1 aliphatic heterocycles. The molecule has 1 aromatic rings. The highest BCUT2D eigenvalue weighted by atomic mass is 79.9. The molecule has 2 bridgehead atoms. The van der Waals surface area contributed by atoms with Crippen molar-refractivity contribution in [3.63, 3.8) is 0 Å². The number of hydrogen-bond acceptors (Lipinski definition) is 2. The molecule has 2 saturated carbocycles. The van der Waals surface area contributed by atoms with Gasteiger partial charge < -0.3 is 0 Å². The molecule has 2 amide bonds. The predicted molar refractivity (Wildman–Crippen MR) is 90.8 cm³/mol. The van der Waals surface area contributed by atoms with Crippen LogP contribution in [0.25, 0.3) is 0 Å². The molecule has 23 heavy (non-hydrogen) atoms. The Morgan fingerprint density at radius 2 is 1.43 bits per heavy atom. The van der Waals surface area contributed by atoms with E-state index in [0.29, 0.717) is 11.8 Å². The van der Waals surface area contributed by atoms with Gasteiger partial charge in [-0.15, -0.1) is 0 Å². The molecular formula is C19H18BrNO2. The highest BCUT2D eigenvalue weighted by molar-refractivity contribution is 9.10. The van der Waals surface area contributed by atoms with Gasteiger partial charge in [0.2, 0.25) is 11.8 Å². The number of carbonyl (C=O) groups excluding carboxylic acids is 2. The number of halogens is 1. The van der Waals surface area contributed by atoms with Crippen LogP contribution in [0.5, 0.6) is 0 Å². The standard InChI is InChI=1S/C19H18BrNO2/c1-8-5-10(6-9(2)17(8)20)21-18(22)15-11-3-4-12(14-7-13(11)14)16(15)19(21)23/h3-6,11-16H,7H2,1-2H3/t11-,12-,13-,14+,15+,16+/m0/s1. The van der Waals surface area contributed by atoms with Crippen LogP contribution in [0.15, 0.2) is 28.8 Å². The minimum atomic E-state index is -0.120.